The summed E-state index contributed by atoms with van der Waals surface area (Å²) < 4.78 is 91.3. The largest absolute Gasteiger partial charge is 0.460 e. The van der Waals surface area contributed by atoms with E-state index < -0.39 is 23.6 Å². The van der Waals surface area contributed by atoms with Gasteiger partial charge in [-0.3, -0.25) is 0 Å². The molecule has 0 spiro atoms. The Bertz CT molecular complexity index is 686. The Morgan fingerprint density at radius 1 is 0.818 bits per heavy atom. The fourth-order valence-corrected chi connectivity index (χ4v) is 2.36. The van der Waals surface area contributed by atoms with E-state index in [2.05, 4.69) is 0 Å². The maximum absolute atomic E-state index is 13.9. The van der Waals surface area contributed by atoms with E-state index >= 15 is 0 Å². The number of rotatable bonds is 3. The Hall–Kier alpha value is -1.79. The predicted octanol–water partition coefficient (Wildman–Crippen LogP) is 5.69. The number of hydrogen-bond donors (Lipinski definition) is 0. The molecule has 0 nitrogen and oxygen atoms in total. The Balaban J connectivity index is 2.73. The molecule has 0 aromatic heterocycles. The number of hydrogen-bond acceptors (Lipinski definition) is 0. The molecule has 2 aromatic rings. The first-order chi connectivity index (χ1) is 10.0. The zero-order valence-corrected chi connectivity index (χ0v) is 11.3. The molecule has 0 fully saturated rings. The van der Waals surface area contributed by atoms with Crippen LogP contribution in [0.25, 0.3) is 10.8 Å². The maximum Gasteiger partial charge on any atom is 0.460 e. The lowest BCUT2D eigenvalue weighted by Crippen LogP contribution is -2.50. The minimum absolute atomic E-state index is 0.0970. The first-order valence-corrected chi connectivity index (χ1v) is 6.37. The lowest BCUT2D eigenvalue weighted by Gasteiger charge is -2.30. The first-order valence-electron chi connectivity index (χ1n) is 6.37. The van der Waals surface area contributed by atoms with E-state index in [-0.39, 0.29) is 17.4 Å². The first kappa shape index (κ1) is 16.6. The van der Waals surface area contributed by atoms with Crippen molar-refractivity contribution in [3.63, 3.8) is 0 Å². The molecule has 0 N–H and O–H groups in total. The van der Waals surface area contributed by atoms with Crippen molar-refractivity contribution in [2.45, 2.75) is 31.4 Å². The summed E-state index contributed by atoms with van der Waals surface area (Å²) in [6.45, 7) is 1.42. The summed E-state index contributed by atoms with van der Waals surface area (Å²) in [4.78, 5) is 0. The van der Waals surface area contributed by atoms with Crippen molar-refractivity contribution in [3.05, 3.63) is 47.5 Å². The van der Waals surface area contributed by atoms with Crippen molar-refractivity contribution in [2.75, 3.05) is 0 Å². The smallest absolute Gasteiger partial charge is 0.194 e. The van der Waals surface area contributed by atoms with Gasteiger partial charge in [-0.2, -0.15) is 30.7 Å². The van der Waals surface area contributed by atoms with Crippen LogP contribution in [-0.2, 0) is 12.3 Å². The van der Waals surface area contributed by atoms with Gasteiger partial charge in [0.05, 0.1) is 0 Å². The molecule has 0 aliphatic carbocycles. The SMILES string of the molecule is CCc1c(C(F)(F)C(F)(F)C(F)(F)F)ccc2ccccc12. The zero-order chi connectivity index (χ0) is 16.8. The molecule has 22 heavy (non-hydrogen) atoms. The van der Waals surface area contributed by atoms with Crippen molar-refractivity contribution in [1.29, 1.82) is 0 Å². The highest BCUT2D eigenvalue weighted by molar-refractivity contribution is 5.87. The second kappa shape index (κ2) is 5.14. The van der Waals surface area contributed by atoms with Gasteiger partial charge in [-0.05, 0) is 22.8 Å². The Morgan fingerprint density at radius 3 is 1.95 bits per heavy atom. The topological polar surface area (TPSA) is 0 Å². The van der Waals surface area contributed by atoms with E-state index in [4.69, 9.17) is 0 Å². The lowest BCUT2D eigenvalue weighted by molar-refractivity contribution is -0.359. The summed E-state index contributed by atoms with van der Waals surface area (Å²) in [5, 5.41) is 0.731. The Morgan fingerprint density at radius 2 is 1.41 bits per heavy atom. The minimum atomic E-state index is -6.34. The van der Waals surface area contributed by atoms with Gasteiger partial charge in [0, 0.05) is 5.56 Å². The maximum atomic E-state index is 13.9. The number of benzene rings is 2. The van der Waals surface area contributed by atoms with Gasteiger partial charge >= 0.3 is 18.0 Å². The predicted molar refractivity (Wildman–Crippen MR) is 68.2 cm³/mol. The van der Waals surface area contributed by atoms with Crippen molar-refractivity contribution in [1.82, 2.24) is 0 Å². The van der Waals surface area contributed by atoms with Crippen LogP contribution in [-0.4, -0.2) is 12.1 Å². The Labute approximate surface area is 121 Å². The van der Waals surface area contributed by atoms with E-state index in [1.165, 1.54) is 19.1 Å². The molecule has 2 aromatic carbocycles. The van der Waals surface area contributed by atoms with Crippen LogP contribution in [0.1, 0.15) is 18.1 Å². The van der Waals surface area contributed by atoms with Gasteiger partial charge in [0.25, 0.3) is 0 Å². The highest BCUT2D eigenvalue weighted by Gasteiger charge is 2.73. The number of halogens is 7. The van der Waals surface area contributed by atoms with Crippen molar-refractivity contribution in [2.24, 2.45) is 0 Å². The van der Waals surface area contributed by atoms with Gasteiger partial charge in [-0.25, -0.2) is 0 Å². The van der Waals surface area contributed by atoms with Crippen molar-refractivity contribution >= 4 is 10.8 Å². The van der Waals surface area contributed by atoms with E-state index in [0.717, 1.165) is 6.07 Å². The third-order valence-electron chi connectivity index (χ3n) is 3.48. The van der Waals surface area contributed by atoms with Gasteiger partial charge in [0.15, 0.2) is 0 Å². The molecule has 0 aliphatic heterocycles. The number of alkyl halides is 7. The van der Waals surface area contributed by atoms with Crippen molar-refractivity contribution < 1.29 is 30.7 Å². The third kappa shape index (κ3) is 2.32. The zero-order valence-electron chi connectivity index (χ0n) is 11.3. The minimum Gasteiger partial charge on any atom is -0.194 e. The summed E-state index contributed by atoms with van der Waals surface area (Å²) in [5.74, 6) is -11.5. The molecule has 0 radical (unpaired) electrons. The van der Waals surface area contributed by atoms with Gasteiger partial charge in [0.2, 0.25) is 0 Å². The number of fused-ring (bicyclic) bond motifs is 1. The van der Waals surface area contributed by atoms with Gasteiger partial charge in [-0.1, -0.05) is 43.3 Å². The fourth-order valence-electron chi connectivity index (χ4n) is 2.36. The fraction of sp³-hybridized carbons (Fsp3) is 0.333. The van der Waals surface area contributed by atoms with E-state index in [1.54, 1.807) is 12.1 Å². The van der Waals surface area contributed by atoms with Gasteiger partial charge < -0.3 is 0 Å². The van der Waals surface area contributed by atoms with Gasteiger partial charge in [0.1, 0.15) is 0 Å². The van der Waals surface area contributed by atoms with E-state index in [0.29, 0.717) is 11.5 Å². The standard InChI is InChI=1S/C15H11F7/c1-2-10-11-6-4-3-5-9(11)7-8-12(10)13(16,17)14(18,19)15(20,21)22/h3-8H,2H2,1H3. The molecule has 0 unspecified atom stereocenters. The molecule has 2 rings (SSSR count). The molecule has 7 heteroatoms. The van der Waals surface area contributed by atoms with Gasteiger partial charge in [-0.15, -0.1) is 0 Å². The van der Waals surface area contributed by atoms with Crippen LogP contribution >= 0.6 is 0 Å². The molecule has 0 atom stereocenters. The molecule has 0 saturated carbocycles. The lowest BCUT2D eigenvalue weighted by atomic mass is 9.91. The van der Waals surface area contributed by atoms with Crippen LogP contribution in [0, 0.1) is 0 Å². The summed E-state index contributed by atoms with van der Waals surface area (Å²) in [6.07, 6.45) is -6.44. The molecule has 0 amide bonds. The van der Waals surface area contributed by atoms with E-state index in [1.807, 2.05) is 0 Å². The van der Waals surface area contributed by atoms with E-state index in [9.17, 15) is 30.7 Å². The molecule has 0 aliphatic rings. The third-order valence-corrected chi connectivity index (χ3v) is 3.48. The molecule has 0 saturated heterocycles. The van der Waals surface area contributed by atoms with Crippen molar-refractivity contribution in [3.8, 4) is 0 Å². The van der Waals surface area contributed by atoms with Crippen LogP contribution in [0.2, 0.25) is 0 Å². The normalized spacial score (nSPS) is 13.6. The number of aryl methyl sites for hydroxylation is 1. The molecular formula is C15H11F7. The average Bonchev–Trinajstić information content (AvgIpc) is 2.44. The quantitative estimate of drug-likeness (QED) is 0.636. The summed E-state index contributed by atoms with van der Waals surface area (Å²) in [5.41, 5.74) is -1.51. The van der Waals surface area contributed by atoms with Crippen LogP contribution in [0.15, 0.2) is 36.4 Å². The molecular weight excluding hydrogens is 313 g/mol. The Kier molecular flexibility index (Phi) is 3.87. The molecule has 0 bridgehead atoms. The highest BCUT2D eigenvalue weighted by Crippen LogP contribution is 2.53. The second-order valence-electron chi connectivity index (χ2n) is 4.81. The summed E-state index contributed by atoms with van der Waals surface area (Å²) >= 11 is 0. The monoisotopic (exact) mass is 324 g/mol. The highest BCUT2D eigenvalue weighted by atomic mass is 19.4. The molecule has 120 valence electrons. The van der Waals surface area contributed by atoms with Crippen LogP contribution < -0.4 is 0 Å². The summed E-state index contributed by atoms with van der Waals surface area (Å²) in [6, 6.07) is 7.86. The second-order valence-corrected chi connectivity index (χ2v) is 4.81. The van der Waals surface area contributed by atoms with Crippen LogP contribution in [0.4, 0.5) is 30.7 Å². The summed E-state index contributed by atoms with van der Waals surface area (Å²) in [7, 11) is 0. The van der Waals surface area contributed by atoms with Crippen LogP contribution in [0.5, 0.6) is 0 Å². The van der Waals surface area contributed by atoms with Crippen LogP contribution in [0.3, 0.4) is 0 Å². The molecule has 0 heterocycles. The average molecular weight is 324 g/mol.